The summed E-state index contributed by atoms with van der Waals surface area (Å²) in [6, 6.07) is 20.7. The molecule has 1 saturated heterocycles. The van der Waals surface area contributed by atoms with Crippen molar-refractivity contribution >= 4 is 40.9 Å². The number of rotatable bonds is 8. The minimum atomic E-state index is -1.08. The lowest BCUT2D eigenvalue weighted by Crippen LogP contribution is -2.74. The van der Waals surface area contributed by atoms with Gasteiger partial charge in [-0.15, -0.1) is 23.1 Å². The predicted octanol–water partition coefficient (Wildman–Crippen LogP) is 3.66. The Kier molecular flexibility index (Phi) is 7.45. The number of aliphatic hydroxyl groups excluding tert-OH is 1. The molecule has 0 spiro atoms. The van der Waals surface area contributed by atoms with Gasteiger partial charge in [-0.2, -0.15) is 0 Å². The predicted molar refractivity (Wildman–Crippen MR) is 143 cm³/mol. The van der Waals surface area contributed by atoms with E-state index in [2.05, 4.69) is 5.32 Å². The van der Waals surface area contributed by atoms with Crippen LogP contribution in [0.5, 0.6) is 0 Å². The molecule has 9 heteroatoms. The van der Waals surface area contributed by atoms with Crippen LogP contribution in [0.15, 0.2) is 89.2 Å². The number of carbonyl (C=O) groups is 3. The van der Waals surface area contributed by atoms with E-state index < -0.39 is 35.6 Å². The summed E-state index contributed by atoms with van der Waals surface area (Å²) in [5.74, 6) is -1.26. The molecule has 1 aromatic heterocycles. The van der Waals surface area contributed by atoms with Crippen LogP contribution in [0.2, 0.25) is 0 Å². The first-order chi connectivity index (χ1) is 17.9. The fourth-order valence-electron chi connectivity index (χ4n) is 4.55. The second-order valence-corrected chi connectivity index (χ2v) is 10.9. The number of thioether (sulfide) groups is 1. The van der Waals surface area contributed by atoms with Crippen LogP contribution in [0.4, 0.5) is 0 Å². The van der Waals surface area contributed by atoms with Crippen LogP contribution in [0, 0.1) is 0 Å². The van der Waals surface area contributed by atoms with E-state index >= 15 is 0 Å². The van der Waals surface area contributed by atoms with Gasteiger partial charge in [0.25, 0.3) is 0 Å². The molecular weight excluding hydrogens is 508 g/mol. The van der Waals surface area contributed by atoms with Crippen molar-refractivity contribution < 1.29 is 24.2 Å². The van der Waals surface area contributed by atoms with Crippen molar-refractivity contribution in [2.24, 2.45) is 0 Å². The van der Waals surface area contributed by atoms with Gasteiger partial charge >= 0.3 is 5.97 Å². The Morgan fingerprint density at radius 2 is 1.68 bits per heavy atom. The molecule has 2 unspecified atom stereocenters. The number of β-lactam (4-membered cyclic amide) rings is 1. The second kappa shape index (κ2) is 10.9. The highest BCUT2D eigenvalue weighted by Gasteiger charge is 2.56. The summed E-state index contributed by atoms with van der Waals surface area (Å²) in [6.07, 6.45) is -1.46. The zero-order valence-corrected chi connectivity index (χ0v) is 21.7. The van der Waals surface area contributed by atoms with Crippen molar-refractivity contribution in [3.05, 3.63) is 105 Å². The lowest BCUT2D eigenvalue weighted by atomic mass is 9.95. The second-order valence-electron chi connectivity index (χ2n) is 8.91. The van der Waals surface area contributed by atoms with Gasteiger partial charge in [-0.05, 0) is 40.5 Å². The van der Waals surface area contributed by atoms with Gasteiger partial charge < -0.3 is 20.1 Å². The Hall–Kier alpha value is -3.40. The third kappa shape index (κ3) is 5.20. The SMILES string of the molecule is CC(O)C1=CS[C@H]2[C@H](NC(=O)Cc3cccs3)C(=O)N2C1C(=O)OC(c1ccccc1)c1ccccc1. The van der Waals surface area contributed by atoms with Crippen molar-refractivity contribution in [3.8, 4) is 0 Å². The Bertz CT molecular complexity index is 1260. The van der Waals surface area contributed by atoms with Crippen LogP contribution in [0.1, 0.15) is 29.0 Å². The quantitative estimate of drug-likeness (QED) is 0.338. The van der Waals surface area contributed by atoms with Crippen LogP contribution in [-0.4, -0.2) is 51.4 Å². The maximum atomic E-state index is 13.7. The number of hydrogen-bond acceptors (Lipinski definition) is 7. The summed E-state index contributed by atoms with van der Waals surface area (Å²) in [7, 11) is 0. The van der Waals surface area contributed by atoms with Gasteiger partial charge in [0.05, 0.1) is 12.5 Å². The van der Waals surface area contributed by atoms with E-state index in [0.717, 1.165) is 16.0 Å². The van der Waals surface area contributed by atoms with Crippen LogP contribution in [-0.2, 0) is 25.5 Å². The van der Waals surface area contributed by atoms with Gasteiger partial charge in [0.15, 0.2) is 12.1 Å². The van der Waals surface area contributed by atoms with E-state index in [1.165, 1.54) is 28.0 Å². The smallest absolute Gasteiger partial charge is 0.334 e. The normalized spacial score (nSPS) is 21.5. The van der Waals surface area contributed by atoms with E-state index in [0.29, 0.717) is 5.57 Å². The van der Waals surface area contributed by atoms with Crippen LogP contribution >= 0.6 is 23.1 Å². The molecule has 2 N–H and O–H groups in total. The highest BCUT2D eigenvalue weighted by Crippen LogP contribution is 2.42. The van der Waals surface area contributed by atoms with Crippen molar-refractivity contribution in [2.45, 2.75) is 43.0 Å². The average Bonchev–Trinajstić information content (AvgIpc) is 3.43. The number of hydrogen-bond donors (Lipinski definition) is 2. The Morgan fingerprint density at radius 1 is 1.03 bits per heavy atom. The molecule has 190 valence electrons. The largest absolute Gasteiger partial charge is 0.451 e. The van der Waals surface area contributed by atoms with Gasteiger partial charge in [-0.1, -0.05) is 66.7 Å². The van der Waals surface area contributed by atoms with Crippen LogP contribution in [0.3, 0.4) is 0 Å². The third-order valence-electron chi connectivity index (χ3n) is 6.39. The first-order valence-corrected chi connectivity index (χ1v) is 13.7. The van der Waals surface area contributed by atoms with E-state index in [9.17, 15) is 19.5 Å². The summed E-state index contributed by atoms with van der Waals surface area (Å²) >= 11 is 2.78. The molecule has 37 heavy (non-hydrogen) atoms. The summed E-state index contributed by atoms with van der Waals surface area (Å²) in [4.78, 5) is 41.8. The van der Waals surface area contributed by atoms with Crippen LogP contribution < -0.4 is 5.32 Å². The topological polar surface area (TPSA) is 95.9 Å². The summed E-state index contributed by atoms with van der Waals surface area (Å²) in [5, 5.41) is 16.4. The number of fused-ring (bicyclic) bond motifs is 1. The fourth-order valence-corrected chi connectivity index (χ4v) is 6.57. The highest BCUT2D eigenvalue weighted by molar-refractivity contribution is 8.03. The molecule has 2 amide bonds. The molecule has 2 aliphatic heterocycles. The number of ether oxygens (including phenoxy) is 1. The molecule has 5 rings (SSSR count). The zero-order valence-electron chi connectivity index (χ0n) is 20.0. The molecule has 3 heterocycles. The molecule has 2 aliphatic rings. The van der Waals surface area contributed by atoms with Gasteiger partial charge in [-0.25, -0.2) is 4.79 Å². The highest BCUT2D eigenvalue weighted by atomic mass is 32.2. The molecule has 0 saturated carbocycles. The first-order valence-electron chi connectivity index (χ1n) is 11.9. The van der Waals surface area contributed by atoms with Crippen molar-refractivity contribution in [1.29, 1.82) is 0 Å². The molecule has 4 atom stereocenters. The minimum Gasteiger partial charge on any atom is -0.451 e. The van der Waals surface area contributed by atoms with Crippen molar-refractivity contribution in [3.63, 3.8) is 0 Å². The third-order valence-corrected chi connectivity index (χ3v) is 8.46. The maximum absolute atomic E-state index is 13.7. The van der Waals surface area contributed by atoms with Gasteiger partial charge in [0.1, 0.15) is 11.4 Å². The zero-order chi connectivity index (χ0) is 25.9. The maximum Gasteiger partial charge on any atom is 0.334 e. The molecule has 2 aromatic carbocycles. The van der Waals surface area contributed by atoms with E-state index in [4.69, 9.17) is 4.74 Å². The molecule has 3 aromatic rings. The summed E-state index contributed by atoms with van der Waals surface area (Å²) in [5.41, 5.74) is 1.97. The molecule has 1 fully saturated rings. The van der Waals surface area contributed by atoms with Crippen molar-refractivity contribution in [2.75, 3.05) is 0 Å². The molecule has 7 nitrogen and oxygen atoms in total. The first kappa shape index (κ1) is 25.3. The average molecular weight is 535 g/mol. The molecule has 0 bridgehead atoms. The number of nitrogens with one attached hydrogen (secondary N) is 1. The number of nitrogens with zero attached hydrogens (tertiary/aromatic N) is 1. The number of thiophene rings is 1. The number of carbonyl (C=O) groups excluding carboxylic acids is 3. The van der Waals surface area contributed by atoms with Gasteiger partial charge in [0.2, 0.25) is 11.8 Å². The van der Waals surface area contributed by atoms with E-state index in [1.54, 1.807) is 12.3 Å². The Labute approximate surface area is 223 Å². The minimum absolute atomic E-state index is 0.189. The fraction of sp³-hybridized carbons (Fsp3) is 0.250. The Balaban J connectivity index is 1.37. The number of esters is 1. The standard InChI is InChI=1S/C28H26N2O5S2/c1-17(31)21-16-37-27-23(29-22(32)15-20-13-8-14-36-20)26(33)30(27)24(21)28(34)35-25(18-9-4-2-5-10-18)19-11-6-3-7-12-19/h2-14,16-17,23-25,27,31H,15H2,1H3,(H,29,32)/t17?,23-,24?,27+/m1/s1. The Morgan fingerprint density at radius 3 is 2.24 bits per heavy atom. The monoisotopic (exact) mass is 534 g/mol. The lowest BCUT2D eigenvalue weighted by Gasteiger charge is -2.52. The number of benzene rings is 2. The molecular formula is C28H26N2O5S2. The van der Waals surface area contributed by atoms with E-state index in [1.807, 2.05) is 78.2 Å². The summed E-state index contributed by atoms with van der Waals surface area (Å²) in [6.45, 7) is 1.56. The van der Waals surface area contributed by atoms with Gasteiger partial charge in [-0.3, -0.25) is 9.59 Å². The molecule has 0 aliphatic carbocycles. The van der Waals surface area contributed by atoms with E-state index in [-0.39, 0.29) is 18.2 Å². The number of amides is 2. The summed E-state index contributed by atoms with van der Waals surface area (Å²) < 4.78 is 6.05. The van der Waals surface area contributed by atoms with Gasteiger partial charge in [0, 0.05) is 4.88 Å². The molecule has 0 radical (unpaired) electrons. The lowest BCUT2D eigenvalue weighted by molar-refractivity contribution is -0.166. The number of aliphatic hydroxyl groups is 1. The van der Waals surface area contributed by atoms with Crippen molar-refractivity contribution in [1.82, 2.24) is 10.2 Å². The van der Waals surface area contributed by atoms with Crippen LogP contribution in [0.25, 0.3) is 0 Å².